The number of carbonyl (C=O) groups is 1. The number of hydrogen-bond donors (Lipinski definition) is 2. The summed E-state index contributed by atoms with van der Waals surface area (Å²) < 4.78 is 4.23. The summed E-state index contributed by atoms with van der Waals surface area (Å²) in [6.45, 7) is 2.69. The van der Waals surface area contributed by atoms with Crippen molar-refractivity contribution >= 4 is 5.97 Å². The lowest BCUT2D eigenvalue weighted by molar-refractivity contribution is -0.137. The Labute approximate surface area is 58.7 Å². The molecular formula is C6H10O4. The molecular weight excluding hydrogens is 136 g/mol. The van der Waals surface area contributed by atoms with Crippen molar-refractivity contribution in [3.63, 3.8) is 0 Å². The topological polar surface area (TPSA) is 66.8 Å². The summed E-state index contributed by atoms with van der Waals surface area (Å²) in [6, 6.07) is 0. The van der Waals surface area contributed by atoms with Crippen molar-refractivity contribution in [2.24, 2.45) is 0 Å². The van der Waals surface area contributed by atoms with E-state index >= 15 is 0 Å². The molecule has 58 valence electrons. The Morgan fingerprint density at radius 1 is 1.80 bits per heavy atom. The molecule has 0 aromatic carbocycles. The minimum atomic E-state index is -1.22. The van der Waals surface area contributed by atoms with Gasteiger partial charge in [0.15, 0.2) is 0 Å². The number of aliphatic hydroxyl groups is 2. The molecule has 1 atom stereocenters. The molecule has 0 rings (SSSR count). The molecule has 0 aliphatic heterocycles. The van der Waals surface area contributed by atoms with E-state index in [-0.39, 0.29) is 5.57 Å². The molecule has 0 bridgehead atoms. The maximum absolute atomic E-state index is 10.5. The van der Waals surface area contributed by atoms with E-state index in [2.05, 4.69) is 11.3 Å². The maximum Gasteiger partial charge on any atom is 0.335 e. The summed E-state index contributed by atoms with van der Waals surface area (Å²) in [4.78, 5) is 10.5. The number of ether oxygens (including phenoxy) is 1. The first-order chi connectivity index (χ1) is 4.63. The van der Waals surface area contributed by atoms with Crippen molar-refractivity contribution < 1.29 is 19.7 Å². The molecule has 0 amide bonds. The highest BCUT2D eigenvalue weighted by Gasteiger charge is 2.14. The average Bonchev–Trinajstić information content (AvgIpc) is 2.00. The van der Waals surface area contributed by atoms with Gasteiger partial charge in [0.1, 0.15) is 6.10 Å². The molecule has 0 aromatic heterocycles. The standard InChI is InChI=1S/C6H10O4/c1-4(5(8)3-7)6(9)10-2/h5,7-8H,1,3H2,2H3/t5-/m1/s1. The van der Waals surface area contributed by atoms with Crippen LogP contribution in [0.15, 0.2) is 12.2 Å². The number of hydrogen-bond acceptors (Lipinski definition) is 4. The van der Waals surface area contributed by atoms with Crippen LogP contribution in [0, 0.1) is 0 Å². The third-order valence-corrected chi connectivity index (χ3v) is 1.02. The zero-order valence-corrected chi connectivity index (χ0v) is 5.70. The Hall–Kier alpha value is -0.870. The molecule has 0 aliphatic carbocycles. The van der Waals surface area contributed by atoms with Gasteiger partial charge < -0.3 is 14.9 Å². The van der Waals surface area contributed by atoms with Crippen LogP contribution in [-0.2, 0) is 9.53 Å². The molecule has 0 radical (unpaired) electrons. The zero-order valence-electron chi connectivity index (χ0n) is 5.70. The highest BCUT2D eigenvalue weighted by atomic mass is 16.5. The van der Waals surface area contributed by atoms with E-state index in [1.54, 1.807) is 0 Å². The second kappa shape index (κ2) is 4.03. The van der Waals surface area contributed by atoms with Crippen molar-refractivity contribution in [1.82, 2.24) is 0 Å². The normalized spacial score (nSPS) is 12.3. The predicted molar refractivity (Wildman–Crippen MR) is 34.2 cm³/mol. The minimum Gasteiger partial charge on any atom is -0.466 e. The molecule has 0 unspecified atom stereocenters. The highest BCUT2D eigenvalue weighted by molar-refractivity contribution is 5.88. The molecule has 0 aromatic rings. The van der Waals surface area contributed by atoms with Gasteiger partial charge in [-0.05, 0) is 0 Å². The van der Waals surface area contributed by atoms with Crippen LogP contribution in [0.2, 0.25) is 0 Å². The lowest BCUT2D eigenvalue weighted by atomic mass is 10.2. The van der Waals surface area contributed by atoms with Crippen molar-refractivity contribution in [2.75, 3.05) is 13.7 Å². The SMILES string of the molecule is C=C(C(=O)OC)[C@H](O)CO. The second-order valence-electron chi connectivity index (χ2n) is 1.72. The quantitative estimate of drug-likeness (QED) is 0.398. The van der Waals surface area contributed by atoms with E-state index in [9.17, 15) is 4.79 Å². The number of carbonyl (C=O) groups excluding carboxylic acids is 1. The fraction of sp³-hybridized carbons (Fsp3) is 0.500. The molecule has 0 saturated heterocycles. The average molecular weight is 146 g/mol. The van der Waals surface area contributed by atoms with Gasteiger partial charge in [-0.25, -0.2) is 4.79 Å². The molecule has 2 N–H and O–H groups in total. The molecule has 0 aliphatic rings. The Morgan fingerprint density at radius 2 is 2.30 bits per heavy atom. The Kier molecular flexibility index (Phi) is 3.68. The Bertz CT molecular complexity index is 141. The summed E-state index contributed by atoms with van der Waals surface area (Å²) in [5.41, 5.74) is -0.134. The van der Waals surface area contributed by atoms with Crippen LogP contribution in [0.4, 0.5) is 0 Å². The lowest BCUT2D eigenvalue weighted by Gasteiger charge is -2.07. The lowest BCUT2D eigenvalue weighted by Crippen LogP contribution is -2.21. The molecule has 4 heteroatoms. The first-order valence-electron chi connectivity index (χ1n) is 2.69. The van der Waals surface area contributed by atoms with E-state index < -0.39 is 18.7 Å². The summed E-state index contributed by atoms with van der Waals surface area (Å²) in [6.07, 6.45) is -1.22. The van der Waals surface area contributed by atoms with Gasteiger partial charge in [-0.1, -0.05) is 6.58 Å². The van der Waals surface area contributed by atoms with E-state index in [1.165, 1.54) is 7.11 Å². The first kappa shape index (κ1) is 9.13. The fourth-order valence-electron chi connectivity index (χ4n) is 0.377. The van der Waals surface area contributed by atoms with Gasteiger partial charge in [-0.2, -0.15) is 0 Å². The summed E-state index contributed by atoms with van der Waals surface area (Å²) in [5.74, 6) is -0.707. The van der Waals surface area contributed by atoms with Crippen molar-refractivity contribution in [3.05, 3.63) is 12.2 Å². The van der Waals surface area contributed by atoms with Crippen molar-refractivity contribution in [1.29, 1.82) is 0 Å². The summed E-state index contributed by atoms with van der Waals surface area (Å²) in [7, 11) is 1.18. The van der Waals surface area contributed by atoms with Crippen LogP contribution in [-0.4, -0.2) is 36.0 Å². The smallest absolute Gasteiger partial charge is 0.335 e. The van der Waals surface area contributed by atoms with Crippen LogP contribution in [0.25, 0.3) is 0 Å². The van der Waals surface area contributed by atoms with E-state index in [1.807, 2.05) is 0 Å². The molecule has 0 saturated carbocycles. The van der Waals surface area contributed by atoms with Crippen LogP contribution in [0.5, 0.6) is 0 Å². The molecule has 10 heavy (non-hydrogen) atoms. The van der Waals surface area contributed by atoms with Crippen LogP contribution < -0.4 is 0 Å². The van der Waals surface area contributed by atoms with Gasteiger partial charge in [0.25, 0.3) is 0 Å². The highest BCUT2D eigenvalue weighted by Crippen LogP contribution is 1.99. The molecule has 0 fully saturated rings. The Balaban J connectivity index is 3.95. The number of esters is 1. The zero-order chi connectivity index (χ0) is 8.15. The van der Waals surface area contributed by atoms with Gasteiger partial charge in [-0.3, -0.25) is 0 Å². The number of rotatable bonds is 3. The van der Waals surface area contributed by atoms with Gasteiger partial charge in [0.2, 0.25) is 0 Å². The van der Waals surface area contributed by atoms with Gasteiger partial charge >= 0.3 is 5.97 Å². The van der Waals surface area contributed by atoms with E-state index in [0.717, 1.165) is 0 Å². The minimum absolute atomic E-state index is 0.134. The molecule has 0 heterocycles. The van der Waals surface area contributed by atoms with Crippen molar-refractivity contribution in [3.8, 4) is 0 Å². The Morgan fingerprint density at radius 3 is 2.60 bits per heavy atom. The molecule has 0 spiro atoms. The third kappa shape index (κ3) is 2.16. The van der Waals surface area contributed by atoms with E-state index in [0.29, 0.717) is 0 Å². The van der Waals surface area contributed by atoms with Crippen molar-refractivity contribution in [2.45, 2.75) is 6.10 Å². The number of methoxy groups -OCH3 is 1. The largest absolute Gasteiger partial charge is 0.466 e. The molecule has 4 nitrogen and oxygen atoms in total. The van der Waals surface area contributed by atoms with Crippen LogP contribution >= 0.6 is 0 Å². The van der Waals surface area contributed by atoms with Gasteiger partial charge in [0, 0.05) is 0 Å². The third-order valence-electron chi connectivity index (χ3n) is 1.02. The van der Waals surface area contributed by atoms with Gasteiger partial charge in [-0.15, -0.1) is 0 Å². The van der Waals surface area contributed by atoms with Gasteiger partial charge in [0.05, 0.1) is 19.3 Å². The van der Waals surface area contributed by atoms with E-state index in [4.69, 9.17) is 10.2 Å². The fourth-order valence-corrected chi connectivity index (χ4v) is 0.377. The summed E-state index contributed by atoms with van der Waals surface area (Å²) >= 11 is 0. The van der Waals surface area contributed by atoms with Crippen LogP contribution in [0.1, 0.15) is 0 Å². The van der Waals surface area contributed by atoms with Crippen LogP contribution in [0.3, 0.4) is 0 Å². The first-order valence-corrected chi connectivity index (χ1v) is 2.69. The summed E-state index contributed by atoms with van der Waals surface area (Å²) in [5, 5.41) is 17.1. The second-order valence-corrected chi connectivity index (χ2v) is 1.72. The maximum atomic E-state index is 10.5. The monoisotopic (exact) mass is 146 g/mol. The predicted octanol–water partition coefficient (Wildman–Crippen LogP) is -0.931. The number of aliphatic hydroxyl groups excluding tert-OH is 2.